The number of carbonyl (C=O) groups excluding carboxylic acids is 3. The maximum absolute atomic E-state index is 12.0. The molecule has 0 aromatic heterocycles. The molecule has 2 rings (SSSR count). The fourth-order valence-electron chi connectivity index (χ4n) is 1.64. The molecular formula is C12H12N2O4S. The van der Waals surface area contributed by atoms with Crippen LogP contribution in [-0.2, 0) is 9.59 Å². The number of carbonyl (C=O) groups is 3. The van der Waals surface area contributed by atoms with E-state index < -0.39 is 16.4 Å². The van der Waals surface area contributed by atoms with E-state index in [9.17, 15) is 19.5 Å². The van der Waals surface area contributed by atoms with Crippen LogP contribution >= 0.6 is 11.8 Å². The number of nitrogens with zero attached hydrogens (tertiary/aromatic N) is 1. The fraction of sp³-hybridized carbons (Fsp3) is 0.250. The van der Waals surface area contributed by atoms with Gasteiger partial charge in [-0.05, 0) is 24.3 Å². The molecule has 7 heteroatoms. The van der Waals surface area contributed by atoms with Gasteiger partial charge in [0, 0.05) is 19.2 Å². The largest absolute Gasteiger partial charge is 0.508 e. The maximum atomic E-state index is 12.0. The Kier molecular flexibility index (Phi) is 3.75. The average molecular weight is 280 g/mol. The van der Waals surface area contributed by atoms with Crippen molar-refractivity contribution >= 4 is 34.5 Å². The molecule has 1 saturated heterocycles. The lowest BCUT2D eigenvalue weighted by Gasteiger charge is -2.18. The van der Waals surface area contributed by atoms with Gasteiger partial charge in [-0.25, -0.2) is 0 Å². The van der Waals surface area contributed by atoms with Crippen LogP contribution in [0.25, 0.3) is 0 Å². The predicted octanol–water partition coefficient (Wildman–Crippen LogP) is 1.10. The van der Waals surface area contributed by atoms with Crippen molar-refractivity contribution in [2.75, 3.05) is 11.9 Å². The van der Waals surface area contributed by atoms with Gasteiger partial charge in [-0.2, -0.15) is 0 Å². The van der Waals surface area contributed by atoms with Crippen LogP contribution < -0.4 is 10.2 Å². The van der Waals surface area contributed by atoms with Crippen molar-refractivity contribution in [3.63, 3.8) is 0 Å². The van der Waals surface area contributed by atoms with Crippen LogP contribution in [0.5, 0.6) is 5.75 Å². The molecule has 2 N–H and O–H groups in total. The summed E-state index contributed by atoms with van der Waals surface area (Å²) < 4.78 is 0. The van der Waals surface area contributed by atoms with Crippen LogP contribution in [0.3, 0.4) is 0 Å². The van der Waals surface area contributed by atoms with E-state index in [0.29, 0.717) is 5.69 Å². The molecule has 6 nitrogen and oxygen atoms in total. The molecule has 1 fully saturated rings. The monoisotopic (exact) mass is 280 g/mol. The highest BCUT2D eigenvalue weighted by atomic mass is 32.2. The van der Waals surface area contributed by atoms with Gasteiger partial charge in [0.05, 0.1) is 0 Å². The van der Waals surface area contributed by atoms with Crippen molar-refractivity contribution in [2.24, 2.45) is 0 Å². The SMILES string of the molecule is CN(C(=O)CC1SC(=O)NC1=O)c1ccc(O)cc1. The molecule has 0 bridgehead atoms. The maximum Gasteiger partial charge on any atom is 0.286 e. The first-order valence-electron chi connectivity index (χ1n) is 5.54. The van der Waals surface area contributed by atoms with Gasteiger partial charge in [-0.3, -0.25) is 19.7 Å². The van der Waals surface area contributed by atoms with E-state index in [-0.39, 0.29) is 18.1 Å². The van der Waals surface area contributed by atoms with E-state index in [2.05, 4.69) is 5.32 Å². The molecule has 19 heavy (non-hydrogen) atoms. The average Bonchev–Trinajstić information content (AvgIpc) is 2.68. The lowest BCUT2D eigenvalue weighted by Crippen LogP contribution is -2.32. The van der Waals surface area contributed by atoms with E-state index >= 15 is 0 Å². The van der Waals surface area contributed by atoms with E-state index in [0.717, 1.165) is 11.8 Å². The zero-order valence-corrected chi connectivity index (χ0v) is 10.9. The van der Waals surface area contributed by atoms with Crippen LogP contribution in [0.15, 0.2) is 24.3 Å². The van der Waals surface area contributed by atoms with Crippen LogP contribution in [0, 0.1) is 0 Å². The van der Waals surface area contributed by atoms with Crippen molar-refractivity contribution in [3.05, 3.63) is 24.3 Å². The number of nitrogens with one attached hydrogen (secondary N) is 1. The molecule has 3 amide bonds. The molecule has 0 aliphatic carbocycles. The second-order valence-corrected chi connectivity index (χ2v) is 5.23. The lowest BCUT2D eigenvalue weighted by molar-refractivity contribution is -0.123. The highest BCUT2D eigenvalue weighted by molar-refractivity contribution is 8.15. The Labute approximate surface area is 113 Å². The van der Waals surface area contributed by atoms with E-state index in [4.69, 9.17) is 0 Å². The third-order valence-electron chi connectivity index (χ3n) is 2.74. The Morgan fingerprint density at radius 3 is 2.53 bits per heavy atom. The topological polar surface area (TPSA) is 86.7 Å². The van der Waals surface area contributed by atoms with Gasteiger partial charge < -0.3 is 10.0 Å². The summed E-state index contributed by atoms with van der Waals surface area (Å²) in [7, 11) is 1.58. The van der Waals surface area contributed by atoms with Crippen molar-refractivity contribution in [1.29, 1.82) is 0 Å². The Balaban J connectivity index is 2.01. The summed E-state index contributed by atoms with van der Waals surface area (Å²) in [5.74, 6) is -0.587. The second kappa shape index (κ2) is 5.31. The third kappa shape index (κ3) is 3.05. The van der Waals surface area contributed by atoms with E-state index in [1.807, 2.05) is 0 Å². The Morgan fingerprint density at radius 2 is 2.00 bits per heavy atom. The first-order valence-corrected chi connectivity index (χ1v) is 6.42. The third-order valence-corrected chi connectivity index (χ3v) is 3.72. The zero-order valence-electron chi connectivity index (χ0n) is 10.1. The molecule has 0 spiro atoms. The minimum absolute atomic E-state index is 0.0420. The van der Waals surface area contributed by atoms with Gasteiger partial charge in [0.15, 0.2) is 0 Å². The second-order valence-electron chi connectivity index (χ2n) is 4.06. The summed E-state index contributed by atoms with van der Waals surface area (Å²) in [6, 6.07) is 6.14. The van der Waals surface area contributed by atoms with Crippen LogP contribution in [0.1, 0.15) is 6.42 Å². The normalized spacial score (nSPS) is 18.3. The summed E-state index contributed by atoms with van der Waals surface area (Å²) in [4.78, 5) is 35.7. The van der Waals surface area contributed by atoms with Crippen LogP contribution in [0.2, 0.25) is 0 Å². The molecule has 1 aromatic carbocycles. The van der Waals surface area contributed by atoms with Crippen molar-refractivity contribution in [1.82, 2.24) is 5.32 Å². The van der Waals surface area contributed by atoms with Crippen LogP contribution in [-0.4, -0.2) is 34.5 Å². The van der Waals surface area contributed by atoms with Gasteiger partial charge in [0.1, 0.15) is 11.0 Å². The number of imide groups is 1. The predicted molar refractivity (Wildman–Crippen MR) is 71.1 cm³/mol. The molecule has 1 aromatic rings. The number of benzene rings is 1. The number of hydrogen-bond acceptors (Lipinski definition) is 5. The first-order chi connectivity index (χ1) is 8.97. The smallest absolute Gasteiger partial charge is 0.286 e. The number of hydrogen-bond donors (Lipinski definition) is 2. The highest BCUT2D eigenvalue weighted by Crippen LogP contribution is 2.24. The Morgan fingerprint density at radius 1 is 1.37 bits per heavy atom. The standard InChI is InChI=1S/C12H12N2O4S/c1-14(7-2-4-8(15)5-3-7)10(16)6-9-11(17)13-12(18)19-9/h2-5,9,15H,6H2,1H3,(H,13,17,18). The zero-order chi connectivity index (χ0) is 14.0. The van der Waals surface area contributed by atoms with Crippen molar-refractivity contribution < 1.29 is 19.5 Å². The number of phenols is 1. The van der Waals surface area contributed by atoms with Gasteiger partial charge in [0.25, 0.3) is 5.24 Å². The number of amides is 3. The van der Waals surface area contributed by atoms with Crippen LogP contribution in [0.4, 0.5) is 10.5 Å². The Bertz CT molecular complexity index is 529. The summed E-state index contributed by atoms with van der Waals surface area (Å²) in [6.45, 7) is 0. The first kappa shape index (κ1) is 13.4. The van der Waals surface area contributed by atoms with Crippen molar-refractivity contribution in [3.8, 4) is 5.75 Å². The highest BCUT2D eigenvalue weighted by Gasteiger charge is 2.34. The van der Waals surface area contributed by atoms with Gasteiger partial charge in [-0.15, -0.1) is 0 Å². The minimum Gasteiger partial charge on any atom is -0.508 e. The molecule has 1 aliphatic heterocycles. The molecule has 100 valence electrons. The Hall–Kier alpha value is -2.02. The lowest BCUT2D eigenvalue weighted by atomic mass is 10.2. The number of phenolic OH excluding ortho intramolecular Hbond substituents is 1. The van der Waals surface area contributed by atoms with Gasteiger partial charge in [-0.1, -0.05) is 11.8 Å². The molecule has 1 aliphatic rings. The molecule has 1 atom stereocenters. The summed E-state index contributed by atoms with van der Waals surface area (Å²) >= 11 is 0.830. The van der Waals surface area contributed by atoms with Crippen molar-refractivity contribution in [2.45, 2.75) is 11.7 Å². The molecular weight excluding hydrogens is 268 g/mol. The van der Waals surface area contributed by atoms with E-state index in [1.54, 1.807) is 19.2 Å². The molecule has 0 saturated carbocycles. The molecule has 1 unspecified atom stereocenters. The minimum atomic E-state index is -0.667. The fourth-order valence-corrected chi connectivity index (χ4v) is 2.45. The summed E-state index contributed by atoms with van der Waals surface area (Å²) in [6.07, 6.45) is -0.0420. The number of rotatable bonds is 3. The molecule has 1 heterocycles. The quantitative estimate of drug-likeness (QED) is 0.865. The number of anilines is 1. The summed E-state index contributed by atoms with van der Waals surface area (Å²) in [5, 5.41) is 10.2. The number of aromatic hydroxyl groups is 1. The summed E-state index contributed by atoms with van der Waals surface area (Å²) in [5.41, 5.74) is 0.609. The number of thioether (sulfide) groups is 1. The van der Waals surface area contributed by atoms with Gasteiger partial charge in [0.2, 0.25) is 11.8 Å². The molecule has 0 radical (unpaired) electrons. The van der Waals surface area contributed by atoms with E-state index in [1.165, 1.54) is 17.0 Å². The van der Waals surface area contributed by atoms with Gasteiger partial charge >= 0.3 is 0 Å².